The van der Waals surface area contributed by atoms with Crippen LogP contribution in [-0.4, -0.2) is 101 Å². The van der Waals surface area contributed by atoms with Crippen LogP contribution in [0.1, 0.15) is 56.1 Å². The summed E-state index contributed by atoms with van der Waals surface area (Å²) >= 11 is 6.52. The van der Waals surface area contributed by atoms with Crippen LogP contribution >= 0.6 is 11.6 Å². The summed E-state index contributed by atoms with van der Waals surface area (Å²) in [6.07, 6.45) is 2.07. The lowest BCUT2D eigenvalue weighted by molar-refractivity contribution is -0.113. The molecule has 278 valence electrons. The van der Waals surface area contributed by atoms with Crippen LogP contribution < -0.4 is 15.4 Å². The van der Waals surface area contributed by atoms with Crippen LogP contribution in [0.25, 0.3) is 11.1 Å². The number of nitrogens with one attached hydrogen (secondary N) is 2. The minimum absolute atomic E-state index is 0.0987. The Morgan fingerprint density at radius 2 is 1.71 bits per heavy atom. The second-order valence-corrected chi connectivity index (χ2v) is 15.6. The van der Waals surface area contributed by atoms with Crippen molar-refractivity contribution in [3.8, 4) is 16.9 Å². The molecule has 2 saturated carbocycles. The lowest BCUT2D eigenvalue weighted by atomic mass is 9.96. The highest BCUT2D eigenvalue weighted by atomic mass is 35.5. The molecule has 2 amide bonds. The van der Waals surface area contributed by atoms with E-state index in [1.807, 2.05) is 36.5 Å². The minimum Gasteiger partial charge on any atom is -0.490 e. The summed E-state index contributed by atoms with van der Waals surface area (Å²) in [6, 6.07) is 13.9. The largest absolute Gasteiger partial charge is 0.490 e. The number of rotatable bonds is 20. The Balaban J connectivity index is 1.10. The van der Waals surface area contributed by atoms with Gasteiger partial charge in [-0.15, -0.1) is 0 Å². The number of amides is 2. The van der Waals surface area contributed by atoms with Crippen molar-refractivity contribution in [1.82, 2.24) is 15.6 Å². The number of urea groups is 1. The number of carbonyl (C=O) groups excluding carboxylic acids is 1. The molecule has 5 rings (SSSR count). The van der Waals surface area contributed by atoms with Crippen LogP contribution in [0.15, 0.2) is 65.8 Å². The maximum atomic E-state index is 13.2. The number of aromatic nitrogens is 1. The van der Waals surface area contributed by atoms with Gasteiger partial charge >= 0.3 is 6.03 Å². The predicted octanol–water partition coefficient (Wildman–Crippen LogP) is 2.83. The number of carbonyl (C=O) groups is 1. The van der Waals surface area contributed by atoms with Crippen molar-refractivity contribution in [2.24, 2.45) is 0 Å². The van der Waals surface area contributed by atoms with E-state index < -0.39 is 59.0 Å². The van der Waals surface area contributed by atoms with Gasteiger partial charge in [0.05, 0.1) is 41.7 Å². The second kappa shape index (κ2) is 17.5. The van der Waals surface area contributed by atoms with E-state index >= 15 is 0 Å². The molecule has 51 heavy (non-hydrogen) atoms. The number of sulfone groups is 1. The van der Waals surface area contributed by atoms with Crippen molar-refractivity contribution < 1.29 is 48.2 Å². The zero-order valence-corrected chi connectivity index (χ0v) is 29.7. The van der Waals surface area contributed by atoms with E-state index in [2.05, 4.69) is 15.6 Å². The van der Waals surface area contributed by atoms with Gasteiger partial charge in [-0.1, -0.05) is 36.2 Å². The van der Waals surface area contributed by atoms with Crippen LogP contribution in [0, 0.1) is 0 Å². The predicted molar refractivity (Wildman–Crippen MR) is 189 cm³/mol. The van der Waals surface area contributed by atoms with E-state index in [9.17, 15) is 33.6 Å². The molecule has 0 aliphatic heterocycles. The number of hydrogen-bond donors (Lipinski definition) is 7. The second-order valence-electron chi connectivity index (χ2n) is 13.1. The molecule has 2 aliphatic carbocycles. The molecular weight excluding hydrogens is 702 g/mol. The topological polar surface area (TPSA) is 208 Å². The van der Waals surface area contributed by atoms with E-state index in [1.54, 1.807) is 18.3 Å². The van der Waals surface area contributed by atoms with Gasteiger partial charge in [0.1, 0.15) is 24.1 Å². The number of hydrogen-bond acceptors (Lipinski definition) is 11. The van der Waals surface area contributed by atoms with E-state index in [1.165, 1.54) is 6.07 Å². The third-order valence-corrected chi connectivity index (χ3v) is 11.2. The molecule has 13 nitrogen and oxygen atoms in total. The Morgan fingerprint density at radius 3 is 2.43 bits per heavy atom. The summed E-state index contributed by atoms with van der Waals surface area (Å²) < 4.78 is 39.2. The maximum Gasteiger partial charge on any atom is 0.314 e. The molecule has 1 aromatic heterocycles. The van der Waals surface area contributed by atoms with Gasteiger partial charge in [0.25, 0.3) is 0 Å². The number of aliphatic hydroxyl groups excluding tert-OH is 5. The molecule has 2 aromatic carbocycles. The lowest BCUT2D eigenvalue weighted by Gasteiger charge is -2.25. The molecule has 7 N–H and O–H groups in total. The monoisotopic (exact) mass is 747 g/mol. The SMILES string of the molecule is O=C(NCCCCCS(=O)(=O)c1ccc(Cl)c(COC2(c3cnccc3-c3ccccc3OC3CC3)CC2)c1)NC[C@@H](O)[C@H](O)[C@@H](O)[C@@H](O)CO. The number of unbranched alkanes of at least 4 members (excludes halogenated alkanes) is 2. The van der Waals surface area contributed by atoms with Gasteiger partial charge in [-0.3, -0.25) is 4.98 Å². The first-order valence-corrected chi connectivity index (χ1v) is 19.2. The van der Waals surface area contributed by atoms with Crippen molar-refractivity contribution in [2.75, 3.05) is 25.4 Å². The molecule has 3 aromatic rings. The van der Waals surface area contributed by atoms with E-state index in [-0.39, 0.29) is 29.9 Å². The number of pyridine rings is 1. The zero-order chi connectivity index (χ0) is 36.6. The molecule has 15 heteroatoms. The fraction of sp³-hybridized carbons (Fsp3) is 0.500. The number of benzene rings is 2. The first-order chi connectivity index (χ1) is 24.4. The highest BCUT2D eigenvalue weighted by Gasteiger charge is 2.48. The van der Waals surface area contributed by atoms with Gasteiger partial charge in [-0.05, 0) is 80.0 Å². The van der Waals surface area contributed by atoms with Crippen LogP contribution in [-0.2, 0) is 26.8 Å². The third kappa shape index (κ3) is 10.4. The van der Waals surface area contributed by atoms with Gasteiger partial charge in [0.15, 0.2) is 9.84 Å². The molecule has 0 spiro atoms. The average Bonchev–Trinajstić information content (AvgIpc) is 4.08. The fourth-order valence-electron chi connectivity index (χ4n) is 5.68. The number of aliphatic hydroxyl groups is 5. The summed E-state index contributed by atoms with van der Waals surface area (Å²) in [5.74, 6) is 0.730. The summed E-state index contributed by atoms with van der Waals surface area (Å²) in [5.41, 5.74) is 2.91. The van der Waals surface area contributed by atoms with Gasteiger partial charge in [0.2, 0.25) is 0 Å². The van der Waals surface area contributed by atoms with Crippen LogP contribution in [0.5, 0.6) is 5.75 Å². The molecular formula is C36H46ClN3O10S. The van der Waals surface area contributed by atoms with Crippen molar-refractivity contribution in [3.05, 3.63) is 77.1 Å². The lowest BCUT2D eigenvalue weighted by Crippen LogP contribution is -2.50. The van der Waals surface area contributed by atoms with Crippen molar-refractivity contribution in [1.29, 1.82) is 0 Å². The number of ether oxygens (including phenoxy) is 2. The smallest absolute Gasteiger partial charge is 0.314 e. The standard InChI is InChI=1S/C36H46ClN3O10S/c37-29-11-10-25(51(47,48)17-5-1-4-15-39-35(46)40-20-30(42)33(44)34(45)31(43)21-41)18-23(29)22-49-36(13-14-36)28-19-38-16-12-26(28)27-6-2-3-7-32(27)50-24-8-9-24/h2-3,6-7,10-12,16,18-19,24,30-31,33-34,41-45H,1,4-5,8-9,13-15,17,20-22H2,(H2,39,40,46)/t30-,31+,33+,34+/m1/s1. The van der Waals surface area contributed by atoms with Crippen molar-refractivity contribution >= 4 is 27.5 Å². The molecule has 0 radical (unpaired) electrons. The Labute approximate surface area is 302 Å². The molecule has 0 bridgehead atoms. The molecule has 2 fully saturated rings. The van der Waals surface area contributed by atoms with Crippen LogP contribution in [0.4, 0.5) is 4.79 Å². The van der Waals surface area contributed by atoms with E-state index in [4.69, 9.17) is 26.2 Å². The maximum absolute atomic E-state index is 13.2. The Kier molecular flexibility index (Phi) is 13.3. The summed E-state index contributed by atoms with van der Waals surface area (Å²) in [6.45, 7) is -0.868. The number of nitrogens with zero attached hydrogens (tertiary/aromatic N) is 1. The Hall–Kier alpha value is -3.34. The molecule has 0 unspecified atom stereocenters. The first kappa shape index (κ1) is 38.9. The van der Waals surface area contributed by atoms with Crippen molar-refractivity contribution in [2.45, 2.75) is 92.6 Å². The minimum atomic E-state index is -3.63. The average molecular weight is 748 g/mol. The fourth-order valence-corrected chi connectivity index (χ4v) is 7.27. The quantitative estimate of drug-likeness (QED) is 0.0837. The Bertz CT molecular complexity index is 1740. The van der Waals surface area contributed by atoms with Gasteiger partial charge in [-0.25, -0.2) is 13.2 Å². The number of halogens is 1. The van der Waals surface area contributed by atoms with E-state index in [0.717, 1.165) is 48.1 Å². The van der Waals surface area contributed by atoms with Gasteiger partial charge in [0, 0.05) is 41.6 Å². The molecule has 0 saturated heterocycles. The van der Waals surface area contributed by atoms with Gasteiger partial charge < -0.3 is 45.6 Å². The summed E-state index contributed by atoms with van der Waals surface area (Å²) in [4.78, 5) is 16.6. The third-order valence-electron chi connectivity index (χ3n) is 9.06. The molecule has 2 aliphatic rings. The zero-order valence-electron chi connectivity index (χ0n) is 28.2. The highest BCUT2D eigenvalue weighted by molar-refractivity contribution is 7.91. The van der Waals surface area contributed by atoms with Crippen LogP contribution in [0.2, 0.25) is 5.02 Å². The van der Waals surface area contributed by atoms with Crippen LogP contribution in [0.3, 0.4) is 0 Å². The number of para-hydroxylation sites is 1. The first-order valence-electron chi connectivity index (χ1n) is 17.1. The summed E-state index contributed by atoms with van der Waals surface area (Å²) in [5, 5.41) is 52.9. The molecule has 4 atom stereocenters. The highest BCUT2D eigenvalue weighted by Crippen LogP contribution is 2.53. The van der Waals surface area contributed by atoms with E-state index in [0.29, 0.717) is 29.8 Å². The van der Waals surface area contributed by atoms with Gasteiger partial charge in [-0.2, -0.15) is 0 Å². The molecule has 1 heterocycles. The normalized spacial score (nSPS) is 17.6. The van der Waals surface area contributed by atoms with Crippen molar-refractivity contribution in [3.63, 3.8) is 0 Å². The Morgan fingerprint density at radius 1 is 0.961 bits per heavy atom. The summed E-state index contributed by atoms with van der Waals surface area (Å²) in [7, 11) is -3.63.